The van der Waals surface area contributed by atoms with Crippen LogP contribution in [0.4, 0.5) is 0 Å². The van der Waals surface area contributed by atoms with Crippen LogP contribution < -0.4 is 5.32 Å². The molecule has 0 spiro atoms. The molecule has 2 heterocycles. The van der Waals surface area contributed by atoms with Crippen molar-refractivity contribution in [2.75, 3.05) is 13.1 Å². The normalized spacial score (nSPS) is 36.4. The number of nitrogens with one attached hydrogen (secondary N) is 1. The summed E-state index contributed by atoms with van der Waals surface area (Å²) in [4.78, 5) is 13.5. The fourth-order valence-corrected chi connectivity index (χ4v) is 2.20. The van der Waals surface area contributed by atoms with Gasteiger partial charge in [0, 0.05) is 13.0 Å². The molecule has 12 heavy (non-hydrogen) atoms. The highest BCUT2D eigenvalue weighted by molar-refractivity contribution is 5.79. The van der Waals surface area contributed by atoms with Gasteiger partial charge in [0.2, 0.25) is 5.91 Å². The molecule has 3 nitrogen and oxygen atoms in total. The SMILES string of the molecule is C[C@]12CCC(=O)N1CCCCN2. The average Bonchev–Trinajstić information content (AvgIpc) is 2.24. The van der Waals surface area contributed by atoms with Crippen molar-refractivity contribution in [1.29, 1.82) is 0 Å². The van der Waals surface area contributed by atoms with Gasteiger partial charge in [0.25, 0.3) is 0 Å². The van der Waals surface area contributed by atoms with Crippen LogP contribution in [0.15, 0.2) is 0 Å². The number of carbonyl (C=O) groups excluding carboxylic acids is 1. The van der Waals surface area contributed by atoms with Gasteiger partial charge in [0.05, 0.1) is 5.66 Å². The molecule has 68 valence electrons. The van der Waals surface area contributed by atoms with E-state index in [0.29, 0.717) is 5.91 Å². The highest BCUT2D eigenvalue weighted by Gasteiger charge is 2.41. The van der Waals surface area contributed by atoms with Crippen LogP contribution in [0.3, 0.4) is 0 Å². The minimum absolute atomic E-state index is 0.0203. The maximum atomic E-state index is 11.5. The Kier molecular flexibility index (Phi) is 1.83. The van der Waals surface area contributed by atoms with Gasteiger partial charge in [-0.2, -0.15) is 0 Å². The number of hydrogen-bond acceptors (Lipinski definition) is 2. The minimum Gasteiger partial charge on any atom is -0.325 e. The summed E-state index contributed by atoms with van der Waals surface area (Å²) in [6.45, 7) is 4.14. The van der Waals surface area contributed by atoms with Gasteiger partial charge < -0.3 is 4.90 Å². The van der Waals surface area contributed by atoms with E-state index in [4.69, 9.17) is 0 Å². The second-order valence-corrected chi connectivity index (χ2v) is 3.95. The molecule has 2 saturated heterocycles. The first-order valence-electron chi connectivity index (χ1n) is 4.78. The summed E-state index contributed by atoms with van der Waals surface area (Å²) >= 11 is 0. The van der Waals surface area contributed by atoms with Crippen molar-refractivity contribution >= 4 is 5.91 Å². The number of nitrogens with zero attached hydrogens (tertiary/aromatic N) is 1. The fraction of sp³-hybridized carbons (Fsp3) is 0.889. The number of amides is 1. The van der Waals surface area contributed by atoms with Gasteiger partial charge in [0.1, 0.15) is 0 Å². The Balaban J connectivity index is 2.19. The fourth-order valence-electron chi connectivity index (χ4n) is 2.20. The van der Waals surface area contributed by atoms with Crippen LogP contribution in [0.5, 0.6) is 0 Å². The number of rotatable bonds is 0. The highest BCUT2D eigenvalue weighted by Crippen LogP contribution is 2.29. The maximum Gasteiger partial charge on any atom is 0.224 e. The summed E-state index contributed by atoms with van der Waals surface area (Å²) in [5, 5.41) is 3.46. The van der Waals surface area contributed by atoms with E-state index in [2.05, 4.69) is 12.2 Å². The first-order chi connectivity index (χ1) is 5.72. The van der Waals surface area contributed by atoms with Crippen LogP contribution in [-0.4, -0.2) is 29.6 Å². The van der Waals surface area contributed by atoms with Crippen LogP contribution >= 0.6 is 0 Å². The molecule has 1 N–H and O–H groups in total. The first-order valence-corrected chi connectivity index (χ1v) is 4.78. The Morgan fingerprint density at radius 1 is 1.50 bits per heavy atom. The van der Waals surface area contributed by atoms with Crippen molar-refractivity contribution < 1.29 is 4.79 Å². The predicted molar refractivity (Wildman–Crippen MR) is 46.6 cm³/mol. The molecule has 2 rings (SSSR count). The van der Waals surface area contributed by atoms with E-state index in [1.165, 1.54) is 6.42 Å². The molecular weight excluding hydrogens is 152 g/mol. The Bertz CT molecular complexity index is 205. The third-order valence-corrected chi connectivity index (χ3v) is 3.04. The van der Waals surface area contributed by atoms with Gasteiger partial charge in [0.15, 0.2) is 0 Å². The summed E-state index contributed by atoms with van der Waals surface area (Å²) < 4.78 is 0. The van der Waals surface area contributed by atoms with Gasteiger partial charge in [-0.15, -0.1) is 0 Å². The monoisotopic (exact) mass is 168 g/mol. The smallest absolute Gasteiger partial charge is 0.224 e. The molecule has 3 heteroatoms. The maximum absolute atomic E-state index is 11.5. The standard InChI is InChI=1S/C9H16N2O/c1-9-5-4-8(12)11(9)7-3-2-6-10-9/h10H,2-7H2,1H3/t9-/m1/s1. The quantitative estimate of drug-likeness (QED) is 0.577. The molecule has 0 unspecified atom stereocenters. The van der Waals surface area contributed by atoms with E-state index in [9.17, 15) is 4.79 Å². The molecule has 0 bridgehead atoms. The Hall–Kier alpha value is -0.570. The van der Waals surface area contributed by atoms with E-state index in [1.807, 2.05) is 4.90 Å². The summed E-state index contributed by atoms with van der Waals surface area (Å²) in [5.41, 5.74) is -0.0203. The molecule has 2 aliphatic heterocycles. The third-order valence-electron chi connectivity index (χ3n) is 3.04. The average molecular weight is 168 g/mol. The van der Waals surface area contributed by atoms with E-state index in [1.54, 1.807) is 0 Å². The summed E-state index contributed by atoms with van der Waals surface area (Å²) in [6, 6.07) is 0. The van der Waals surface area contributed by atoms with Crippen LogP contribution in [0.25, 0.3) is 0 Å². The Labute approximate surface area is 73.1 Å². The number of carbonyl (C=O) groups is 1. The second kappa shape index (κ2) is 2.73. The first kappa shape index (κ1) is 8.05. The number of hydrogen-bond donors (Lipinski definition) is 1. The zero-order chi connectivity index (χ0) is 8.60. The molecule has 0 aromatic heterocycles. The van der Waals surface area contributed by atoms with E-state index >= 15 is 0 Å². The highest BCUT2D eigenvalue weighted by atomic mass is 16.2. The van der Waals surface area contributed by atoms with Crippen LogP contribution in [0, 0.1) is 0 Å². The molecule has 0 aromatic rings. The second-order valence-electron chi connectivity index (χ2n) is 3.95. The summed E-state index contributed by atoms with van der Waals surface area (Å²) in [6.07, 6.45) is 4.04. The lowest BCUT2D eigenvalue weighted by Gasteiger charge is -2.34. The van der Waals surface area contributed by atoms with Gasteiger partial charge in [-0.3, -0.25) is 10.1 Å². The van der Waals surface area contributed by atoms with Crippen LogP contribution in [0.2, 0.25) is 0 Å². The molecule has 0 aliphatic carbocycles. The van der Waals surface area contributed by atoms with Gasteiger partial charge in [-0.05, 0) is 32.7 Å². The lowest BCUT2D eigenvalue weighted by Crippen LogP contribution is -2.52. The minimum atomic E-state index is -0.0203. The van der Waals surface area contributed by atoms with Crippen molar-refractivity contribution in [3.05, 3.63) is 0 Å². The third kappa shape index (κ3) is 1.12. The summed E-state index contributed by atoms with van der Waals surface area (Å²) in [5.74, 6) is 0.326. The molecule has 2 fully saturated rings. The zero-order valence-corrected chi connectivity index (χ0v) is 7.60. The predicted octanol–water partition coefficient (Wildman–Crippen LogP) is 0.708. The van der Waals surface area contributed by atoms with Crippen molar-refractivity contribution in [3.8, 4) is 0 Å². The van der Waals surface area contributed by atoms with Crippen molar-refractivity contribution in [1.82, 2.24) is 10.2 Å². The van der Waals surface area contributed by atoms with E-state index in [-0.39, 0.29) is 5.66 Å². The molecule has 1 amide bonds. The van der Waals surface area contributed by atoms with E-state index < -0.39 is 0 Å². The molecule has 0 saturated carbocycles. The molecule has 0 aromatic carbocycles. The van der Waals surface area contributed by atoms with Crippen molar-refractivity contribution in [2.45, 2.75) is 38.3 Å². The lowest BCUT2D eigenvalue weighted by atomic mass is 10.1. The molecule has 1 atom stereocenters. The van der Waals surface area contributed by atoms with Gasteiger partial charge in [-0.25, -0.2) is 0 Å². The molecule has 2 aliphatic rings. The van der Waals surface area contributed by atoms with Crippen molar-refractivity contribution in [2.24, 2.45) is 0 Å². The van der Waals surface area contributed by atoms with Crippen molar-refractivity contribution in [3.63, 3.8) is 0 Å². The zero-order valence-electron chi connectivity index (χ0n) is 7.60. The number of fused-ring (bicyclic) bond motifs is 1. The van der Waals surface area contributed by atoms with Gasteiger partial charge >= 0.3 is 0 Å². The largest absolute Gasteiger partial charge is 0.325 e. The Morgan fingerprint density at radius 2 is 2.33 bits per heavy atom. The van der Waals surface area contributed by atoms with Gasteiger partial charge in [-0.1, -0.05) is 0 Å². The van der Waals surface area contributed by atoms with E-state index in [0.717, 1.165) is 32.4 Å². The van der Waals surface area contributed by atoms with Crippen LogP contribution in [0.1, 0.15) is 32.6 Å². The Morgan fingerprint density at radius 3 is 3.17 bits per heavy atom. The molecular formula is C9H16N2O. The topological polar surface area (TPSA) is 32.3 Å². The molecule has 0 radical (unpaired) electrons. The lowest BCUT2D eigenvalue weighted by molar-refractivity contribution is -0.131. The summed E-state index contributed by atoms with van der Waals surface area (Å²) in [7, 11) is 0. The van der Waals surface area contributed by atoms with Crippen LogP contribution in [-0.2, 0) is 4.79 Å².